The molecule has 2 nitrogen and oxygen atoms in total. The number of nitrogens with one attached hydrogen (secondary N) is 1. The van der Waals surface area contributed by atoms with E-state index in [1.54, 1.807) is 7.11 Å². The van der Waals surface area contributed by atoms with Gasteiger partial charge in [-0.15, -0.1) is 0 Å². The molecule has 0 amide bonds. The zero-order valence-electron chi connectivity index (χ0n) is 10.9. The molecule has 0 unspecified atom stereocenters. The summed E-state index contributed by atoms with van der Waals surface area (Å²) in [4.78, 5) is 0. The van der Waals surface area contributed by atoms with E-state index in [2.05, 4.69) is 21.2 Å². The largest absolute Gasteiger partial charge is 0.380 e. The number of hydrogen-bond acceptors (Lipinski definition) is 2. The molecule has 0 radical (unpaired) electrons. The molecule has 1 N–H and O–H groups in total. The summed E-state index contributed by atoms with van der Waals surface area (Å²) in [7, 11) is 1.63. The van der Waals surface area contributed by atoms with Gasteiger partial charge in [-0.05, 0) is 33.1 Å². The third-order valence-corrected chi connectivity index (χ3v) is 3.40. The van der Waals surface area contributed by atoms with Gasteiger partial charge in [-0.3, -0.25) is 0 Å². The number of rotatable bonds is 5. The van der Waals surface area contributed by atoms with Crippen molar-refractivity contribution in [1.82, 2.24) is 0 Å². The molecule has 106 valence electrons. The molecule has 2 rings (SSSR count). The van der Waals surface area contributed by atoms with Crippen molar-refractivity contribution in [3.8, 4) is 0 Å². The van der Waals surface area contributed by atoms with Gasteiger partial charge < -0.3 is 10.1 Å². The summed E-state index contributed by atoms with van der Waals surface area (Å²) in [6, 6.07) is 9.98. The third-order valence-electron chi connectivity index (χ3n) is 2.80. The monoisotopic (exact) mass is 341 g/mol. The molecule has 0 bridgehead atoms. The SMILES string of the molecule is COCc1cccc(CNc2cc(F)c(Br)cc2F)c1. The highest BCUT2D eigenvalue weighted by molar-refractivity contribution is 9.10. The van der Waals surface area contributed by atoms with Crippen LogP contribution in [0.2, 0.25) is 0 Å². The van der Waals surface area contributed by atoms with Gasteiger partial charge in [0.05, 0.1) is 16.8 Å². The summed E-state index contributed by atoms with van der Waals surface area (Å²) in [5, 5.41) is 2.89. The summed E-state index contributed by atoms with van der Waals surface area (Å²) < 4.78 is 32.2. The first-order valence-electron chi connectivity index (χ1n) is 6.05. The average Bonchev–Trinajstić information content (AvgIpc) is 2.42. The molecule has 0 saturated carbocycles. The van der Waals surface area contributed by atoms with Crippen LogP contribution in [0.3, 0.4) is 0 Å². The summed E-state index contributed by atoms with van der Waals surface area (Å²) in [5.74, 6) is -0.992. The van der Waals surface area contributed by atoms with E-state index in [1.165, 1.54) is 0 Å². The second-order valence-corrected chi connectivity index (χ2v) is 5.21. The fourth-order valence-corrected chi connectivity index (χ4v) is 2.17. The molecule has 0 aromatic heterocycles. The molecular weight excluding hydrogens is 328 g/mol. The van der Waals surface area contributed by atoms with Crippen molar-refractivity contribution >= 4 is 21.6 Å². The normalized spacial score (nSPS) is 10.6. The van der Waals surface area contributed by atoms with Crippen LogP contribution in [-0.2, 0) is 17.9 Å². The van der Waals surface area contributed by atoms with Crippen molar-refractivity contribution in [1.29, 1.82) is 0 Å². The maximum atomic E-state index is 13.7. The Morgan fingerprint density at radius 1 is 1.10 bits per heavy atom. The number of hydrogen-bond donors (Lipinski definition) is 1. The molecule has 0 aliphatic heterocycles. The molecule has 0 fully saturated rings. The molecule has 0 saturated heterocycles. The molecule has 5 heteroatoms. The highest BCUT2D eigenvalue weighted by Gasteiger charge is 2.08. The van der Waals surface area contributed by atoms with Gasteiger partial charge >= 0.3 is 0 Å². The zero-order chi connectivity index (χ0) is 14.5. The molecule has 0 aliphatic carbocycles. The van der Waals surface area contributed by atoms with Crippen LogP contribution >= 0.6 is 15.9 Å². The zero-order valence-corrected chi connectivity index (χ0v) is 12.5. The van der Waals surface area contributed by atoms with Crippen LogP contribution in [0.15, 0.2) is 40.9 Å². The Bertz CT molecular complexity index is 604. The van der Waals surface area contributed by atoms with Crippen LogP contribution in [-0.4, -0.2) is 7.11 Å². The summed E-state index contributed by atoms with van der Waals surface area (Å²) in [5.41, 5.74) is 2.15. The fourth-order valence-electron chi connectivity index (χ4n) is 1.85. The van der Waals surface area contributed by atoms with E-state index < -0.39 is 11.6 Å². The van der Waals surface area contributed by atoms with Crippen LogP contribution in [0, 0.1) is 11.6 Å². The van der Waals surface area contributed by atoms with Crippen molar-refractivity contribution in [2.75, 3.05) is 12.4 Å². The predicted molar refractivity (Wildman–Crippen MR) is 78.5 cm³/mol. The van der Waals surface area contributed by atoms with Crippen molar-refractivity contribution in [3.63, 3.8) is 0 Å². The molecule has 0 heterocycles. The van der Waals surface area contributed by atoms with Gasteiger partial charge in [0, 0.05) is 19.7 Å². The van der Waals surface area contributed by atoms with E-state index in [9.17, 15) is 8.78 Å². The second kappa shape index (κ2) is 6.81. The Morgan fingerprint density at radius 2 is 1.85 bits per heavy atom. The smallest absolute Gasteiger partial charge is 0.147 e. The lowest BCUT2D eigenvalue weighted by Crippen LogP contribution is -2.03. The van der Waals surface area contributed by atoms with Gasteiger partial charge in [-0.25, -0.2) is 8.78 Å². The van der Waals surface area contributed by atoms with Gasteiger partial charge in [0.2, 0.25) is 0 Å². The number of ether oxygens (including phenoxy) is 1. The third kappa shape index (κ3) is 3.77. The first-order chi connectivity index (χ1) is 9.60. The predicted octanol–water partition coefficient (Wildman–Crippen LogP) is 4.49. The molecule has 2 aromatic carbocycles. The van der Waals surface area contributed by atoms with Crippen molar-refractivity contribution in [3.05, 3.63) is 63.6 Å². The lowest BCUT2D eigenvalue weighted by molar-refractivity contribution is 0.185. The average molecular weight is 342 g/mol. The Morgan fingerprint density at radius 3 is 2.60 bits per heavy atom. The number of anilines is 1. The Labute approximate surface area is 124 Å². The van der Waals surface area contributed by atoms with Gasteiger partial charge in [0.15, 0.2) is 0 Å². The van der Waals surface area contributed by atoms with Crippen LogP contribution in [0.1, 0.15) is 11.1 Å². The molecule has 0 aliphatic rings. The maximum Gasteiger partial charge on any atom is 0.147 e. The van der Waals surface area contributed by atoms with Gasteiger partial charge in [-0.1, -0.05) is 24.3 Å². The Hall–Kier alpha value is -1.46. The summed E-state index contributed by atoms with van der Waals surface area (Å²) >= 11 is 2.95. The first-order valence-corrected chi connectivity index (χ1v) is 6.84. The minimum Gasteiger partial charge on any atom is -0.380 e. The van der Waals surface area contributed by atoms with Crippen LogP contribution in [0.25, 0.3) is 0 Å². The van der Waals surface area contributed by atoms with E-state index in [0.717, 1.165) is 23.3 Å². The van der Waals surface area contributed by atoms with Crippen molar-refractivity contribution < 1.29 is 13.5 Å². The van der Waals surface area contributed by atoms with Crippen LogP contribution in [0.5, 0.6) is 0 Å². The topological polar surface area (TPSA) is 21.3 Å². The molecule has 0 atom stereocenters. The number of methoxy groups -OCH3 is 1. The lowest BCUT2D eigenvalue weighted by Gasteiger charge is -2.10. The van der Waals surface area contributed by atoms with Gasteiger partial charge in [0.1, 0.15) is 11.6 Å². The van der Waals surface area contributed by atoms with Crippen LogP contribution < -0.4 is 5.32 Å². The summed E-state index contributed by atoms with van der Waals surface area (Å²) in [6.45, 7) is 0.935. The van der Waals surface area contributed by atoms with Crippen molar-refractivity contribution in [2.45, 2.75) is 13.2 Å². The lowest BCUT2D eigenvalue weighted by atomic mass is 10.1. The number of benzene rings is 2. The van der Waals surface area contributed by atoms with E-state index in [1.807, 2.05) is 24.3 Å². The van der Waals surface area contributed by atoms with Gasteiger partial charge in [0.25, 0.3) is 0 Å². The van der Waals surface area contributed by atoms with E-state index >= 15 is 0 Å². The molecule has 0 spiro atoms. The first kappa shape index (κ1) is 14.9. The number of halogens is 3. The Kier molecular flexibility index (Phi) is 5.09. The molecular formula is C15H14BrF2NO. The Balaban J connectivity index is 2.08. The fraction of sp³-hybridized carbons (Fsp3) is 0.200. The quantitative estimate of drug-likeness (QED) is 0.809. The highest BCUT2D eigenvalue weighted by Crippen LogP contribution is 2.23. The van der Waals surface area contributed by atoms with Gasteiger partial charge in [-0.2, -0.15) is 0 Å². The minimum atomic E-state index is -0.498. The second-order valence-electron chi connectivity index (χ2n) is 4.35. The standard InChI is InChI=1S/C15H14BrF2NO/c1-20-9-11-4-2-3-10(5-11)8-19-15-7-13(17)12(16)6-14(15)18/h2-7,19H,8-9H2,1H3. The maximum absolute atomic E-state index is 13.7. The molecule has 20 heavy (non-hydrogen) atoms. The van der Waals surface area contributed by atoms with Crippen molar-refractivity contribution in [2.24, 2.45) is 0 Å². The minimum absolute atomic E-state index is 0.114. The summed E-state index contributed by atoms with van der Waals surface area (Å²) in [6.07, 6.45) is 0. The van der Waals surface area contributed by atoms with Crippen LogP contribution in [0.4, 0.5) is 14.5 Å². The highest BCUT2D eigenvalue weighted by atomic mass is 79.9. The molecule has 2 aromatic rings. The van der Waals surface area contributed by atoms with E-state index in [4.69, 9.17) is 4.74 Å². The van der Waals surface area contributed by atoms with E-state index in [0.29, 0.717) is 13.2 Å². The van der Waals surface area contributed by atoms with E-state index in [-0.39, 0.29) is 10.2 Å².